The molecule has 3 heteroatoms. The van der Waals surface area contributed by atoms with Crippen molar-refractivity contribution < 1.29 is 9.90 Å². The highest BCUT2D eigenvalue weighted by Gasteiger charge is 2.15. The molecule has 0 rings (SSSR count). The molecule has 2 nitrogen and oxygen atoms in total. The van der Waals surface area contributed by atoms with Gasteiger partial charge in [0.05, 0.1) is 0 Å². The van der Waals surface area contributed by atoms with E-state index < -0.39 is 5.97 Å². The summed E-state index contributed by atoms with van der Waals surface area (Å²) in [5.74, 6) is 0.341. The Balaban J connectivity index is 3.51. The maximum Gasteiger partial charge on any atom is 0.316 e. The zero-order chi connectivity index (χ0) is 10.1. The first-order valence-corrected chi connectivity index (χ1v) is 6.11. The van der Waals surface area contributed by atoms with Crippen molar-refractivity contribution in [2.75, 3.05) is 5.75 Å². The molecule has 0 saturated carbocycles. The maximum absolute atomic E-state index is 10.7. The monoisotopic (exact) mass is 204 g/mol. The molecule has 13 heavy (non-hydrogen) atoms. The predicted molar refractivity (Wildman–Crippen MR) is 58.3 cm³/mol. The van der Waals surface area contributed by atoms with Crippen LogP contribution in [0.1, 0.15) is 46.0 Å². The SMILES string of the molecule is CCCCCSC(CCC)C(=O)O. The van der Waals surface area contributed by atoms with Crippen molar-refractivity contribution >= 4 is 17.7 Å². The highest BCUT2D eigenvalue weighted by Crippen LogP contribution is 2.18. The molecule has 0 amide bonds. The van der Waals surface area contributed by atoms with Crippen LogP contribution in [0, 0.1) is 0 Å². The summed E-state index contributed by atoms with van der Waals surface area (Å²) in [5.41, 5.74) is 0. The van der Waals surface area contributed by atoms with Gasteiger partial charge in [-0.1, -0.05) is 33.1 Å². The minimum absolute atomic E-state index is 0.179. The number of hydrogen-bond donors (Lipinski definition) is 1. The molecule has 0 aliphatic carbocycles. The summed E-state index contributed by atoms with van der Waals surface area (Å²) < 4.78 is 0. The second kappa shape index (κ2) is 8.42. The molecule has 0 aliphatic rings. The zero-order valence-electron chi connectivity index (χ0n) is 8.58. The zero-order valence-corrected chi connectivity index (χ0v) is 9.40. The Bertz CT molecular complexity index is 137. The lowest BCUT2D eigenvalue weighted by molar-refractivity contribution is -0.136. The van der Waals surface area contributed by atoms with Gasteiger partial charge in [0.1, 0.15) is 5.25 Å². The lowest BCUT2D eigenvalue weighted by Crippen LogP contribution is -2.16. The van der Waals surface area contributed by atoms with Gasteiger partial charge in [-0.2, -0.15) is 0 Å². The summed E-state index contributed by atoms with van der Waals surface area (Å²) in [7, 11) is 0. The van der Waals surface area contributed by atoms with Crippen molar-refractivity contribution in [3.8, 4) is 0 Å². The summed E-state index contributed by atoms with van der Waals surface area (Å²) >= 11 is 1.59. The molecule has 0 fully saturated rings. The normalized spacial score (nSPS) is 12.8. The summed E-state index contributed by atoms with van der Waals surface area (Å²) in [5, 5.41) is 8.66. The average molecular weight is 204 g/mol. The number of carboxylic acid groups (broad SMARTS) is 1. The Morgan fingerprint density at radius 3 is 2.46 bits per heavy atom. The fraction of sp³-hybridized carbons (Fsp3) is 0.900. The van der Waals surface area contributed by atoms with E-state index in [1.165, 1.54) is 12.8 Å². The van der Waals surface area contributed by atoms with Gasteiger partial charge in [-0.3, -0.25) is 4.79 Å². The van der Waals surface area contributed by atoms with Crippen LogP contribution < -0.4 is 0 Å². The summed E-state index contributed by atoms with van der Waals surface area (Å²) in [6.45, 7) is 4.19. The Kier molecular flexibility index (Phi) is 8.30. The number of thioether (sulfide) groups is 1. The van der Waals surface area contributed by atoms with Crippen LogP contribution in [-0.4, -0.2) is 22.1 Å². The van der Waals surface area contributed by atoms with Crippen molar-refractivity contribution in [1.82, 2.24) is 0 Å². The molecule has 0 spiro atoms. The third-order valence-electron chi connectivity index (χ3n) is 1.89. The van der Waals surface area contributed by atoms with Crippen molar-refractivity contribution in [1.29, 1.82) is 0 Å². The Hall–Kier alpha value is -0.180. The first-order valence-electron chi connectivity index (χ1n) is 5.06. The van der Waals surface area contributed by atoms with Gasteiger partial charge in [0.2, 0.25) is 0 Å². The molecular formula is C10H20O2S. The van der Waals surface area contributed by atoms with E-state index in [1.54, 1.807) is 11.8 Å². The standard InChI is InChI=1S/C10H20O2S/c1-3-5-6-8-13-9(7-4-2)10(11)12/h9H,3-8H2,1-2H3,(H,11,12). The van der Waals surface area contributed by atoms with E-state index in [-0.39, 0.29) is 5.25 Å². The highest BCUT2D eigenvalue weighted by molar-refractivity contribution is 8.00. The third kappa shape index (κ3) is 6.94. The first-order chi connectivity index (χ1) is 6.22. The molecule has 0 radical (unpaired) electrons. The Morgan fingerprint density at radius 1 is 1.31 bits per heavy atom. The van der Waals surface area contributed by atoms with Crippen molar-refractivity contribution in [3.63, 3.8) is 0 Å². The molecule has 0 saturated heterocycles. The van der Waals surface area contributed by atoms with Crippen molar-refractivity contribution in [2.45, 2.75) is 51.2 Å². The molecule has 0 heterocycles. The van der Waals surface area contributed by atoms with E-state index in [1.807, 2.05) is 6.92 Å². The number of carboxylic acids is 1. The predicted octanol–water partition coefficient (Wildman–Crippen LogP) is 3.16. The number of rotatable bonds is 8. The first kappa shape index (κ1) is 12.8. The smallest absolute Gasteiger partial charge is 0.316 e. The highest BCUT2D eigenvalue weighted by atomic mass is 32.2. The van der Waals surface area contributed by atoms with Crippen LogP contribution >= 0.6 is 11.8 Å². The maximum atomic E-state index is 10.7. The molecule has 1 N–H and O–H groups in total. The molecule has 0 aromatic heterocycles. The van der Waals surface area contributed by atoms with Crippen LogP contribution in [0.25, 0.3) is 0 Å². The lowest BCUT2D eigenvalue weighted by Gasteiger charge is -2.09. The Labute approximate surface area is 85.1 Å². The minimum Gasteiger partial charge on any atom is -0.480 e. The number of hydrogen-bond acceptors (Lipinski definition) is 2. The summed E-state index contributed by atoms with van der Waals surface area (Å²) in [6, 6.07) is 0. The summed E-state index contributed by atoms with van der Waals surface area (Å²) in [4.78, 5) is 10.7. The number of aliphatic carboxylic acids is 1. The average Bonchev–Trinajstić information content (AvgIpc) is 2.10. The fourth-order valence-corrected chi connectivity index (χ4v) is 2.32. The quantitative estimate of drug-likeness (QED) is 0.617. The van der Waals surface area contributed by atoms with Crippen molar-refractivity contribution in [2.24, 2.45) is 0 Å². The minimum atomic E-state index is -0.650. The second-order valence-electron chi connectivity index (χ2n) is 3.19. The fourth-order valence-electron chi connectivity index (χ4n) is 1.12. The number of unbranched alkanes of at least 4 members (excludes halogenated alkanes) is 2. The van der Waals surface area contributed by atoms with Crippen LogP contribution in [0.4, 0.5) is 0 Å². The van der Waals surface area contributed by atoms with Gasteiger partial charge in [-0.05, 0) is 18.6 Å². The van der Waals surface area contributed by atoms with Gasteiger partial charge >= 0.3 is 5.97 Å². The Morgan fingerprint density at radius 2 is 2.00 bits per heavy atom. The van der Waals surface area contributed by atoms with Gasteiger partial charge in [0, 0.05) is 0 Å². The van der Waals surface area contributed by atoms with E-state index in [9.17, 15) is 4.79 Å². The summed E-state index contributed by atoms with van der Waals surface area (Å²) in [6.07, 6.45) is 5.32. The van der Waals surface area contributed by atoms with Crippen molar-refractivity contribution in [3.05, 3.63) is 0 Å². The van der Waals surface area contributed by atoms with E-state index in [4.69, 9.17) is 5.11 Å². The van der Waals surface area contributed by atoms with Gasteiger partial charge in [-0.25, -0.2) is 0 Å². The number of carbonyl (C=O) groups is 1. The topological polar surface area (TPSA) is 37.3 Å². The molecule has 0 bridgehead atoms. The molecule has 1 atom stereocenters. The van der Waals surface area contributed by atoms with Crippen LogP contribution in [-0.2, 0) is 4.79 Å². The van der Waals surface area contributed by atoms with Crippen LogP contribution in [0.2, 0.25) is 0 Å². The lowest BCUT2D eigenvalue weighted by atomic mass is 10.2. The van der Waals surface area contributed by atoms with Crippen LogP contribution in [0.3, 0.4) is 0 Å². The van der Waals surface area contributed by atoms with Crippen LogP contribution in [0.5, 0.6) is 0 Å². The van der Waals surface area contributed by atoms with Gasteiger partial charge in [0.25, 0.3) is 0 Å². The van der Waals surface area contributed by atoms with Gasteiger partial charge in [-0.15, -0.1) is 11.8 Å². The van der Waals surface area contributed by atoms with Gasteiger partial charge in [0.15, 0.2) is 0 Å². The molecule has 78 valence electrons. The molecule has 0 aromatic carbocycles. The molecule has 0 aromatic rings. The second-order valence-corrected chi connectivity index (χ2v) is 4.50. The molecule has 1 unspecified atom stereocenters. The van der Waals surface area contributed by atoms with E-state index >= 15 is 0 Å². The molecular weight excluding hydrogens is 184 g/mol. The van der Waals surface area contributed by atoms with Crippen LogP contribution in [0.15, 0.2) is 0 Å². The van der Waals surface area contributed by atoms with E-state index in [0.29, 0.717) is 0 Å². The third-order valence-corrected chi connectivity index (χ3v) is 3.26. The van der Waals surface area contributed by atoms with Gasteiger partial charge < -0.3 is 5.11 Å². The van der Waals surface area contributed by atoms with E-state index in [2.05, 4.69) is 6.92 Å². The molecule has 0 aliphatic heterocycles. The van der Waals surface area contributed by atoms with E-state index in [0.717, 1.165) is 25.0 Å². The largest absolute Gasteiger partial charge is 0.480 e.